The van der Waals surface area contributed by atoms with Crippen molar-refractivity contribution < 1.29 is 27.0 Å². The molecule has 1 aromatic rings. The molecule has 8 heteroatoms. The third-order valence-corrected chi connectivity index (χ3v) is 4.39. The van der Waals surface area contributed by atoms with Gasteiger partial charge < -0.3 is 10.0 Å². The van der Waals surface area contributed by atoms with Crippen LogP contribution in [0.15, 0.2) is 24.3 Å². The largest absolute Gasteiger partial charge is 0.481 e. The number of hydrogen-bond acceptors (Lipinski definition) is 4. The number of aliphatic carboxylic acids is 1. The molecule has 1 aliphatic rings. The number of carboxylic acid groups (broad SMARTS) is 1. The third-order valence-electron chi connectivity index (χ3n) is 3.52. The van der Waals surface area contributed by atoms with Gasteiger partial charge in [0.1, 0.15) is 0 Å². The standard InChI is InChI=1S/C14H16FNO5S/c15-22(20,21)9-11-7-13(17)16(8-11)12-4-1-10(2-5-12)3-6-14(18)19/h1-2,4-5,11H,3,6-9H2,(H,18,19). The molecular weight excluding hydrogens is 313 g/mol. The summed E-state index contributed by atoms with van der Waals surface area (Å²) < 4.78 is 34.0. The van der Waals surface area contributed by atoms with E-state index in [9.17, 15) is 21.9 Å². The minimum absolute atomic E-state index is 0.00388. The van der Waals surface area contributed by atoms with Crippen LogP contribution in [0, 0.1) is 5.92 Å². The number of rotatable bonds is 6. The van der Waals surface area contributed by atoms with Crippen LogP contribution in [-0.4, -0.2) is 37.7 Å². The smallest absolute Gasteiger partial charge is 0.303 e. The lowest BCUT2D eigenvalue weighted by Crippen LogP contribution is -2.25. The van der Waals surface area contributed by atoms with Crippen LogP contribution in [0.2, 0.25) is 0 Å². The van der Waals surface area contributed by atoms with Crippen LogP contribution in [0.3, 0.4) is 0 Å². The van der Waals surface area contributed by atoms with E-state index < -0.39 is 27.9 Å². The van der Waals surface area contributed by atoms with E-state index in [2.05, 4.69) is 0 Å². The van der Waals surface area contributed by atoms with E-state index in [-0.39, 0.29) is 25.3 Å². The van der Waals surface area contributed by atoms with Gasteiger partial charge >= 0.3 is 16.2 Å². The van der Waals surface area contributed by atoms with Crippen LogP contribution in [0.1, 0.15) is 18.4 Å². The fraction of sp³-hybridized carbons (Fsp3) is 0.429. The van der Waals surface area contributed by atoms with E-state index in [0.29, 0.717) is 12.1 Å². The molecular formula is C14H16FNO5S. The summed E-state index contributed by atoms with van der Waals surface area (Å²) in [5.74, 6) is -2.32. The average Bonchev–Trinajstić information content (AvgIpc) is 2.75. The zero-order chi connectivity index (χ0) is 16.3. The molecule has 1 N–H and O–H groups in total. The molecule has 0 bridgehead atoms. The van der Waals surface area contributed by atoms with Crippen LogP contribution in [0.25, 0.3) is 0 Å². The Hall–Kier alpha value is -1.96. The van der Waals surface area contributed by atoms with Crippen molar-refractivity contribution in [2.24, 2.45) is 5.92 Å². The molecule has 1 aromatic carbocycles. The number of aryl methyl sites for hydroxylation is 1. The van der Waals surface area contributed by atoms with Crippen molar-refractivity contribution in [3.63, 3.8) is 0 Å². The Morgan fingerprint density at radius 1 is 1.32 bits per heavy atom. The number of hydrogen-bond donors (Lipinski definition) is 1. The number of benzene rings is 1. The second kappa shape index (κ2) is 6.43. The lowest BCUT2D eigenvalue weighted by Gasteiger charge is -2.17. The maximum Gasteiger partial charge on any atom is 0.303 e. The van der Waals surface area contributed by atoms with Gasteiger partial charge in [-0.2, -0.15) is 8.42 Å². The predicted octanol–water partition coefficient (Wildman–Crippen LogP) is 1.36. The molecule has 1 fully saturated rings. The summed E-state index contributed by atoms with van der Waals surface area (Å²) in [5.41, 5.74) is 1.43. The first-order valence-electron chi connectivity index (χ1n) is 6.78. The second-order valence-corrected chi connectivity index (χ2v) is 6.75. The van der Waals surface area contributed by atoms with Crippen LogP contribution in [0.5, 0.6) is 0 Å². The fourth-order valence-electron chi connectivity index (χ4n) is 2.52. The molecule has 0 aliphatic carbocycles. The average molecular weight is 329 g/mol. The molecule has 0 spiro atoms. The van der Waals surface area contributed by atoms with Gasteiger partial charge in [-0.3, -0.25) is 9.59 Å². The molecule has 1 saturated heterocycles. The number of carbonyl (C=O) groups excluding carboxylic acids is 1. The van der Waals surface area contributed by atoms with Gasteiger partial charge in [0.05, 0.1) is 5.75 Å². The molecule has 2 rings (SSSR count). The first-order chi connectivity index (χ1) is 10.2. The molecule has 1 aliphatic heterocycles. The maximum absolute atomic E-state index is 12.7. The van der Waals surface area contributed by atoms with Gasteiger partial charge in [-0.1, -0.05) is 12.1 Å². The Morgan fingerprint density at radius 3 is 2.50 bits per heavy atom. The Labute approximate surface area is 127 Å². The summed E-state index contributed by atoms with van der Waals surface area (Å²) in [6.07, 6.45) is 0.425. The van der Waals surface area contributed by atoms with Crippen molar-refractivity contribution in [3.8, 4) is 0 Å². The van der Waals surface area contributed by atoms with E-state index in [1.165, 1.54) is 4.90 Å². The third kappa shape index (κ3) is 4.52. The first kappa shape index (κ1) is 16.4. The number of halogens is 1. The van der Waals surface area contributed by atoms with Gasteiger partial charge in [0.2, 0.25) is 5.91 Å². The van der Waals surface area contributed by atoms with Crippen LogP contribution >= 0.6 is 0 Å². The number of carbonyl (C=O) groups is 2. The predicted molar refractivity (Wildman–Crippen MR) is 77.8 cm³/mol. The Morgan fingerprint density at radius 2 is 1.95 bits per heavy atom. The SMILES string of the molecule is O=C(O)CCc1ccc(N2CC(CS(=O)(=O)F)CC2=O)cc1. The number of nitrogens with zero attached hydrogens (tertiary/aromatic N) is 1. The monoisotopic (exact) mass is 329 g/mol. The topological polar surface area (TPSA) is 91.8 Å². The van der Waals surface area contributed by atoms with Crippen molar-refractivity contribution in [1.29, 1.82) is 0 Å². The summed E-state index contributed by atoms with van der Waals surface area (Å²) in [4.78, 5) is 23.8. The molecule has 22 heavy (non-hydrogen) atoms. The van der Waals surface area contributed by atoms with E-state index in [1.807, 2.05) is 0 Å². The fourth-order valence-corrected chi connectivity index (χ4v) is 3.30. The van der Waals surface area contributed by atoms with Gasteiger partial charge in [0.15, 0.2) is 0 Å². The number of anilines is 1. The van der Waals surface area contributed by atoms with Crippen LogP contribution in [0.4, 0.5) is 9.57 Å². The van der Waals surface area contributed by atoms with Gasteiger partial charge in [0, 0.05) is 31.0 Å². The molecule has 0 saturated carbocycles. The zero-order valence-electron chi connectivity index (χ0n) is 11.7. The molecule has 1 amide bonds. The molecule has 0 radical (unpaired) electrons. The van der Waals surface area contributed by atoms with Crippen molar-refractivity contribution >= 4 is 27.8 Å². The van der Waals surface area contributed by atoms with Gasteiger partial charge in [0.25, 0.3) is 0 Å². The zero-order valence-corrected chi connectivity index (χ0v) is 12.6. The lowest BCUT2D eigenvalue weighted by atomic mass is 10.1. The highest BCUT2D eigenvalue weighted by Gasteiger charge is 2.33. The molecule has 1 heterocycles. The minimum atomic E-state index is -4.59. The first-order valence-corrected chi connectivity index (χ1v) is 8.33. The highest BCUT2D eigenvalue weighted by Crippen LogP contribution is 2.26. The summed E-state index contributed by atoms with van der Waals surface area (Å²) >= 11 is 0. The molecule has 1 atom stereocenters. The van der Waals surface area contributed by atoms with Gasteiger partial charge in [-0.15, -0.1) is 3.89 Å². The van der Waals surface area contributed by atoms with Crippen molar-refractivity contribution in [2.45, 2.75) is 19.3 Å². The quantitative estimate of drug-likeness (QED) is 0.796. The maximum atomic E-state index is 12.7. The Bertz CT molecular complexity index is 671. The lowest BCUT2D eigenvalue weighted by molar-refractivity contribution is -0.137. The summed E-state index contributed by atoms with van der Waals surface area (Å²) in [5, 5.41) is 8.63. The van der Waals surface area contributed by atoms with Crippen molar-refractivity contribution in [3.05, 3.63) is 29.8 Å². The van der Waals surface area contributed by atoms with Crippen LogP contribution < -0.4 is 4.90 Å². The molecule has 1 unspecified atom stereocenters. The van der Waals surface area contributed by atoms with E-state index in [1.54, 1.807) is 24.3 Å². The van der Waals surface area contributed by atoms with E-state index >= 15 is 0 Å². The summed E-state index contributed by atoms with van der Waals surface area (Å²) in [6.45, 7) is 0.163. The van der Waals surface area contributed by atoms with E-state index in [4.69, 9.17) is 5.11 Å². The highest BCUT2D eigenvalue weighted by atomic mass is 32.3. The van der Waals surface area contributed by atoms with Crippen molar-refractivity contribution in [1.82, 2.24) is 0 Å². The number of amides is 1. The Kier molecular flexibility index (Phi) is 4.80. The number of carboxylic acids is 1. The van der Waals surface area contributed by atoms with Crippen molar-refractivity contribution in [2.75, 3.05) is 17.2 Å². The molecule has 6 nitrogen and oxygen atoms in total. The van der Waals surface area contributed by atoms with E-state index in [0.717, 1.165) is 5.56 Å². The van der Waals surface area contributed by atoms with Gasteiger partial charge in [-0.25, -0.2) is 0 Å². The molecule has 120 valence electrons. The van der Waals surface area contributed by atoms with Gasteiger partial charge in [-0.05, 0) is 24.1 Å². The second-order valence-electron chi connectivity index (χ2n) is 5.34. The van der Waals surface area contributed by atoms with Crippen LogP contribution in [-0.2, 0) is 26.2 Å². The minimum Gasteiger partial charge on any atom is -0.481 e. The summed E-state index contributed by atoms with van der Waals surface area (Å²) in [6, 6.07) is 6.82. The molecule has 0 aromatic heterocycles. The summed E-state index contributed by atoms with van der Waals surface area (Å²) in [7, 11) is -4.59. The Balaban J connectivity index is 2.02. The normalized spacial score (nSPS) is 18.7. The highest BCUT2D eigenvalue weighted by molar-refractivity contribution is 7.86.